The molecule has 114 valence electrons. The van der Waals surface area contributed by atoms with Crippen molar-refractivity contribution >= 4 is 17.5 Å². The Morgan fingerprint density at radius 2 is 1.68 bits per heavy atom. The topological polar surface area (TPSA) is 17.2 Å². The van der Waals surface area contributed by atoms with E-state index < -0.39 is 0 Å². The zero-order valence-corrected chi connectivity index (χ0v) is 15.2. The van der Waals surface area contributed by atoms with E-state index in [0.29, 0.717) is 0 Å². The lowest BCUT2D eigenvalue weighted by Gasteiger charge is -2.12. The Kier molecular flexibility index (Phi) is 5.77. The number of benzene rings is 2. The molecule has 1 aliphatic heterocycles. The molecule has 1 heterocycles. The van der Waals surface area contributed by atoms with E-state index in [4.69, 9.17) is 0 Å². The van der Waals surface area contributed by atoms with E-state index in [9.17, 15) is 0 Å². The van der Waals surface area contributed by atoms with Crippen molar-refractivity contribution < 1.29 is 29.0 Å². The van der Waals surface area contributed by atoms with Crippen molar-refractivity contribution in [3.63, 3.8) is 0 Å². The van der Waals surface area contributed by atoms with Crippen molar-refractivity contribution in [2.45, 2.75) is 6.42 Å². The monoisotopic (exact) mass is 404 g/mol. The lowest BCUT2D eigenvalue weighted by molar-refractivity contribution is -0.456. The number of nitrogens with one attached hydrogen (secondary N) is 1. The van der Waals surface area contributed by atoms with Gasteiger partial charge in [-0.1, -0.05) is 30.3 Å². The molecule has 0 amide bonds. The molecule has 1 aliphatic rings. The molecule has 2 nitrogen and oxygen atoms in total. The van der Waals surface area contributed by atoms with E-state index in [2.05, 4.69) is 84.7 Å². The quantitative estimate of drug-likeness (QED) is 0.643. The first-order valence-electron chi connectivity index (χ1n) is 7.38. The number of hydrogen-bond donors (Lipinski definition) is 1. The molecule has 0 unspecified atom stereocenters. The zero-order chi connectivity index (χ0) is 14.7. The predicted octanol–water partition coefficient (Wildman–Crippen LogP) is -1.10. The van der Waals surface area contributed by atoms with Gasteiger partial charge in [-0.2, -0.15) is 0 Å². The van der Waals surface area contributed by atoms with E-state index in [1.54, 1.807) is 0 Å². The van der Waals surface area contributed by atoms with Gasteiger partial charge in [0, 0.05) is 37.8 Å². The number of anilines is 1. The van der Waals surface area contributed by atoms with E-state index in [-0.39, 0.29) is 24.0 Å². The van der Waals surface area contributed by atoms with Crippen LogP contribution in [0, 0.1) is 0 Å². The van der Waals surface area contributed by atoms with Gasteiger partial charge in [-0.25, -0.2) is 4.99 Å². The van der Waals surface area contributed by atoms with Gasteiger partial charge in [0.1, 0.15) is 6.54 Å². The highest BCUT2D eigenvalue weighted by Crippen LogP contribution is 2.15. The van der Waals surface area contributed by atoms with Gasteiger partial charge in [0.15, 0.2) is 0 Å². The fraction of sp³-hybridized carbons (Fsp3) is 0.211. The minimum absolute atomic E-state index is 0. The molecule has 0 atom stereocenters. The van der Waals surface area contributed by atoms with Crippen LogP contribution >= 0.6 is 0 Å². The van der Waals surface area contributed by atoms with Crippen LogP contribution < -0.4 is 33.9 Å². The molecule has 0 aliphatic carbocycles. The van der Waals surface area contributed by atoms with Crippen molar-refractivity contribution in [1.29, 1.82) is 0 Å². The number of allylic oxidation sites excluding steroid dienone is 1. The van der Waals surface area contributed by atoms with E-state index in [1.807, 2.05) is 0 Å². The molecule has 1 N–H and O–H groups in total. The summed E-state index contributed by atoms with van der Waals surface area (Å²) in [5, 5.41) is 0. The smallest absolute Gasteiger partial charge is 0.205 e. The third-order valence-corrected chi connectivity index (χ3v) is 3.87. The molecule has 0 saturated carbocycles. The molecule has 2 aromatic carbocycles. The van der Waals surface area contributed by atoms with Crippen LogP contribution in [0.3, 0.4) is 0 Å². The lowest BCUT2D eigenvalue weighted by Crippen LogP contribution is -3.00. The summed E-state index contributed by atoms with van der Waals surface area (Å²) in [6.07, 6.45) is 5.46. The van der Waals surface area contributed by atoms with Crippen molar-refractivity contribution in [3.8, 4) is 0 Å². The van der Waals surface area contributed by atoms with Crippen molar-refractivity contribution in [2.75, 3.05) is 25.5 Å². The first-order valence-corrected chi connectivity index (χ1v) is 7.38. The van der Waals surface area contributed by atoms with Gasteiger partial charge < -0.3 is 28.9 Å². The largest absolute Gasteiger partial charge is 1.00 e. The summed E-state index contributed by atoms with van der Waals surface area (Å²) in [5.41, 5.74) is 6.41. The maximum Gasteiger partial charge on any atom is 0.205 e. The Hall–Kier alpha value is -1.62. The summed E-state index contributed by atoms with van der Waals surface area (Å²) in [4.78, 5) is 5.61. The Balaban J connectivity index is 0.00000176. The van der Waals surface area contributed by atoms with Crippen LogP contribution in [0.1, 0.15) is 16.7 Å². The molecule has 0 aromatic heterocycles. The summed E-state index contributed by atoms with van der Waals surface area (Å²) in [7, 11) is 4.12. The normalized spacial score (nSPS) is 13.3. The summed E-state index contributed by atoms with van der Waals surface area (Å²) < 4.78 is 0. The summed E-state index contributed by atoms with van der Waals surface area (Å²) in [5.74, 6) is 0. The van der Waals surface area contributed by atoms with Crippen LogP contribution in [-0.4, -0.2) is 26.4 Å². The number of fused-ring (bicyclic) bond motifs is 1. The molecule has 0 fully saturated rings. The van der Waals surface area contributed by atoms with Gasteiger partial charge in [-0.05, 0) is 35.4 Å². The van der Waals surface area contributed by atoms with Gasteiger partial charge in [-0.15, -0.1) is 0 Å². The number of nitrogens with zero attached hydrogens (tertiary/aromatic N) is 1. The van der Waals surface area contributed by atoms with Crippen LogP contribution in [0.4, 0.5) is 5.69 Å². The van der Waals surface area contributed by atoms with E-state index in [0.717, 1.165) is 13.0 Å². The predicted molar refractivity (Wildman–Crippen MR) is 89.9 cm³/mol. The highest BCUT2D eigenvalue weighted by molar-refractivity contribution is 6.08. The van der Waals surface area contributed by atoms with E-state index >= 15 is 0 Å². The fourth-order valence-corrected chi connectivity index (χ4v) is 2.64. The Morgan fingerprint density at radius 1 is 0.955 bits per heavy atom. The first-order chi connectivity index (χ1) is 10.2. The van der Waals surface area contributed by atoms with E-state index in [1.165, 1.54) is 28.1 Å². The second-order valence-electron chi connectivity index (χ2n) is 5.57. The maximum atomic E-state index is 3.50. The maximum absolute atomic E-state index is 3.50. The number of hydrogen-bond acceptors (Lipinski definition) is 1. The molecule has 2 aromatic rings. The minimum Gasteiger partial charge on any atom is -1.00 e. The minimum atomic E-state index is 0. The standard InChI is InChI=1S/C19H20N2.HI/c1-21(2)17-10-7-15(8-11-17)9-12-19-18-6-4-3-5-16(18)13-14-20-19;/h3-12H,13-14H2,1-2H3;1H/b12-9+;. The lowest BCUT2D eigenvalue weighted by atomic mass is 9.97. The second kappa shape index (κ2) is 7.58. The molecule has 3 heteroatoms. The molecule has 3 rings (SSSR count). The van der Waals surface area contributed by atoms with Gasteiger partial charge >= 0.3 is 0 Å². The Morgan fingerprint density at radius 3 is 2.41 bits per heavy atom. The average molecular weight is 404 g/mol. The zero-order valence-electron chi connectivity index (χ0n) is 13.0. The van der Waals surface area contributed by atoms with Crippen molar-refractivity contribution in [1.82, 2.24) is 0 Å². The number of halogens is 1. The van der Waals surface area contributed by atoms with Crippen LogP contribution in [0.15, 0.2) is 54.6 Å². The average Bonchev–Trinajstić information content (AvgIpc) is 2.53. The molecule has 22 heavy (non-hydrogen) atoms. The molecule has 0 radical (unpaired) electrons. The summed E-state index contributed by atoms with van der Waals surface area (Å²) in [6, 6.07) is 17.2. The molecular weight excluding hydrogens is 383 g/mol. The highest BCUT2D eigenvalue weighted by Gasteiger charge is 2.15. The SMILES string of the molecule is CN(C)c1ccc(/C=C/C2=[NH+]CCc3ccccc32)cc1.[I-]. The van der Waals surface area contributed by atoms with Gasteiger partial charge in [0.2, 0.25) is 5.71 Å². The van der Waals surface area contributed by atoms with Crippen LogP contribution in [0.2, 0.25) is 0 Å². The third-order valence-electron chi connectivity index (χ3n) is 3.87. The van der Waals surface area contributed by atoms with Crippen molar-refractivity contribution in [2.24, 2.45) is 0 Å². The summed E-state index contributed by atoms with van der Waals surface area (Å²) in [6.45, 7) is 1.01. The second-order valence-corrected chi connectivity index (χ2v) is 5.57. The summed E-state index contributed by atoms with van der Waals surface area (Å²) >= 11 is 0. The third kappa shape index (κ3) is 3.77. The molecular formula is C19H21IN2. The van der Waals surface area contributed by atoms with Crippen molar-refractivity contribution in [3.05, 3.63) is 71.3 Å². The van der Waals surface area contributed by atoms with Crippen LogP contribution in [0.25, 0.3) is 6.08 Å². The van der Waals surface area contributed by atoms with Gasteiger partial charge in [0.05, 0.1) is 0 Å². The fourth-order valence-electron chi connectivity index (χ4n) is 2.64. The molecule has 0 spiro atoms. The van der Waals surface area contributed by atoms with Gasteiger partial charge in [-0.3, -0.25) is 0 Å². The highest BCUT2D eigenvalue weighted by atomic mass is 127. The van der Waals surface area contributed by atoms with Crippen LogP contribution in [-0.2, 0) is 6.42 Å². The van der Waals surface area contributed by atoms with Crippen LogP contribution in [0.5, 0.6) is 0 Å². The Labute approximate surface area is 149 Å². The molecule has 0 saturated heterocycles. The molecule has 0 bridgehead atoms. The van der Waals surface area contributed by atoms with Gasteiger partial charge in [0.25, 0.3) is 0 Å². The Bertz CT molecular complexity index is 685. The first kappa shape index (κ1) is 16.7. The number of rotatable bonds is 3.